The zero-order chi connectivity index (χ0) is 20.4. The molecule has 0 heterocycles. The first-order chi connectivity index (χ1) is 13.2. The van der Waals surface area contributed by atoms with Gasteiger partial charge in [0.1, 0.15) is 6.61 Å². The number of amides is 1. The van der Waals surface area contributed by atoms with Crippen molar-refractivity contribution in [1.29, 1.82) is 0 Å². The Kier molecular flexibility index (Phi) is 5.59. The lowest BCUT2D eigenvalue weighted by atomic mass is 9.86. The highest BCUT2D eigenvalue weighted by Crippen LogP contribution is 2.37. The normalized spacial score (nSPS) is 18.4. The van der Waals surface area contributed by atoms with Crippen molar-refractivity contribution in [3.8, 4) is 0 Å². The topological polar surface area (TPSA) is 55.4 Å². The third kappa shape index (κ3) is 4.61. The van der Waals surface area contributed by atoms with E-state index < -0.39 is 10.8 Å². The third-order valence-corrected chi connectivity index (χ3v) is 5.26. The van der Waals surface area contributed by atoms with Crippen molar-refractivity contribution in [1.82, 2.24) is 5.32 Å². The minimum atomic E-state index is -0.508. The van der Waals surface area contributed by atoms with E-state index in [1.165, 1.54) is 11.1 Å². The fourth-order valence-electron chi connectivity index (χ4n) is 3.53. The SMILES string of the molecule is CC(C)(C)C(=O)OCc1ccc2c(c1)CC(C)(C(=O)NCc1ccccc1)C2. The summed E-state index contributed by atoms with van der Waals surface area (Å²) in [6.45, 7) is 8.36. The molecular formula is C24H29NO3. The molecule has 28 heavy (non-hydrogen) atoms. The largest absolute Gasteiger partial charge is 0.460 e. The first kappa shape index (κ1) is 20.1. The highest BCUT2D eigenvalue weighted by Gasteiger charge is 2.39. The summed E-state index contributed by atoms with van der Waals surface area (Å²) in [5.41, 5.74) is 3.47. The molecule has 0 fully saturated rings. The molecule has 0 saturated carbocycles. The summed E-state index contributed by atoms with van der Waals surface area (Å²) in [5.74, 6) is -0.133. The van der Waals surface area contributed by atoms with Crippen LogP contribution < -0.4 is 5.32 Å². The van der Waals surface area contributed by atoms with Crippen molar-refractivity contribution < 1.29 is 14.3 Å². The minimum absolute atomic E-state index is 0.0771. The molecule has 0 aliphatic heterocycles. The number of rotatable bonds is 5. The van der Waals surface area contributed by atoms with Crippen LogP contribution in [0.2, 0.25) is 0 Å². The Morgan fingerprint density at radius 1 is 1.00 bits per heavy atom. The van der Waals surface area contributed by atoms with Crippen LogP contribution in [0.5, 0.6) is 0 Å². The van der Waals surface area contributed by atoms with E-state index in [0.29, 0.717) is 13.0 Å². The van der Waals surface area contributed by atoms with Crippen LogP contribution in [0.25, 0.3) is 0 Å². The van der Waals surface area contributed by atoms with Gasteiger partial charge in [0.05, 0.1) is 10.8 Å². The summed E-state index contributed by atoms with van der Waals surface area (Å²) in [7, 11) is 0. The number of carbonyl (C=O) groups is 2. The second-order valence-electron chi connectivity index (χ2n) is 9.01. The molecule has 2 aromatic carbocycles. The first-order valence-corrected chi connectivity index (χ1v) is 9.77. The van der Waals surface area contributed by atoms with Crippen LogP contribution in [0, 0.1) is 10.8 Å². The fourth-order valence-corrected chi connectivity index (χ4v) is 3.53. The number of carbonyl (C=O) groups excluding carboxylic acids is 2. The summed E-state index contributed by atoms with van der Waals surface area (Å²) in [6, 6.07) is 16.1. The molecule has 0 radical (unpaired) electrons. The predicted molar refractivity (Wildman–Crippen MR) is 109 cm³/mol. The van der Waals surface area contributed by atoms with Crippen molar-refractivity contribution in [2.45, 2.75) is 53.7 Å². The zero-order valence-corrected chi connectivity index (χ0v) is 17.2. The Bertz CT molecular complexity index is 867. The Morgan fingerprint density at radius 2 is 1.68 bits per heavy atom. The van der Waals surface area contributed by atoms with Gasteiger partial charge in [0.2, 0.25) is 5.91 Å². The number of ether oxygens (including phenoxy) is 1. The number of benzene rings is 2. The lowest BCUT2D eigenvalue weighted by molar-refractivity contribution is -0.154. The number of hydrogen-bond acceptors (Lipinski definition) is 3. The maximum atomic E-state index is 12.8. The van der Waals surface area contributed by atoms with Gasteiger partial charge in [-0.05, 0) is 55.9 Å². The Hall–Kier alpha value is -2.62. The van der Waals surface area contributed by atoms with E-state index in [1.807, 2.05) is 64.1 Å². The molecular weight excluding hydrogens is 350 g/mol. The second kappa shape index (κ2) is 7.78. The monoisotopic (exact) mass is 379 g/mol. The van der Waals surface area contributed by atoms with Crippen molar-refractivity contribution >= 4 is 11.9 Å². The number of nitrogens with one attached hydrogen (secondary N) is 1. The van der Waals surface area contributed by atoms with Crippen molar-refractivity contribution in [3.63, 3.8) is 0 Å². The summed E-state index contributed by atoms with van der Waals surface area (Å²) in [5, 5.41) is 3.08. The van der Waals surface area contributed by atoms with E-state index in [2.05, 4.69) is 17.4 Å². The van der Waals surface area contributed by atoms with Gasteiger partial charge in [-0.1, -0.05) is 55.5 Å². The van der Waals surface area contributed by atoms with Gasteiger partial charge in [0.25, 0.3) is 0 Å². The minimum Gasteiger partial charge on any atom is -0.460 e. The number of fused-ring (bicyclic) bond motifs is 1. The molecule has 0 saturated heterocycles. The van der Waals surface area contributed by atoms with E-state index in [4.69, 9.17) is 4.74 Å². The number of hydrogen-bond donors (Lipinski definition) is 1. The highest BCUT2D eigenvalue weighted by molar-refractivity contribution is 5.84. The molecule has 1 aliphatic carbocycles. The molecule has 1 unspecified atom stereocenters. The van der Waals surface area contributed by atoms with Gasteiger partial charge in [0, 0.05) is 6.54 Å². The van der Waals surface area contributed by atoms with Gasteiger partial charge >= 0.3 is 5.97 Å². The highest BCUT2D eigenvalue weighted by atomic mass is 16.5. The average Bonchev–Trinajstić information content (AvgIpc) is 3.00. The van der Waals surface area contributed by atoms with Crippen LogP contribution in [0.1, 0.15) is 49.9 Å². The molecule has 1 amide bonds. The maximum absolute atomic E-state index is 12.8. The van der Waals surface area contributed by atoms with Crippen molar-refractivity contribution in [2.75, 3.05) is 0 Å². The Labute approximate surface area is 167 Å². The van der Waals surface area contributed by atoms with E-state index in [-0.39, 0.29) is 18.5 Å². The zero-order valence-electron chi connectivity index (χ0n) is 17.2. The van der Waals surface area contributed by atoms with Gasteiger partial charge in [-0.2, -0.15) is 0 Å². The molecule has 1 atom stereocenters. The molecule has 4 nitrogen and oxygen atoms in total. The average molecular weight is 380 g/mol. The van der Waals surface area contributed by atoms with E-state index in [1.54, 1.807) is 0 Å². The molecule has 1 N–H and O–H groups in total. The smallest absolute Gasteiger partial charge is 0.311 e. The predicted octanol–water partition coefficient (Wildman–Crippen LogP) is 4.20. The lowest BCUT2D eigenvalue weighted by Gasteiger charge is -2.22. The summed E-state index contributed by atoms with van der Waals surface area (Å²) in [4.78, 5) is 24.8. The van der Waals surface area contributed by atoms with Gasteiger partial charge in [0.15, 0.2) is 0 Å². The van der Waals surface area contributed by atoms with Crippen LogP contribution >= 0.6 is 0 Å². The van der Waals surface area contributed by atoms with E-state index in [0.717, 1.165) is 17.5 Å². The maximum Gasteiger partial charge on any atom is 0.311 e. The molecule has 1 aliphatic rings. The molecule has 4 heteroatoms. The lowest BCUT2D eigenvalue weighted by Crippen LogP contribution is -2.39. The van der Waals surface area contributed by atoms with Crippen LogP contribution in [-0.4, -0.2) is 11.9 Å². The summed E-state index contributed by atoms with van der Waals surface area (Å²) >= 11 is 0. The van der Waals surface area contributed by atoms with Gasteiger partial charge in [-0.25, -0.2) is 0 Å². The molecule has 2 aromatic rings. The van der Waals surface area contributed by atoms with Crippen molar-refractivity contribution in [3.05, 3.63) is 70.8 Å². The van der Waals surface area contributed by atoms with Crippen LogP contribution in [-0.2, 0) is 40.3 Å². The van der Waals surface area contributed by atoms with Crippen molar-refractivity contribution in [2.24, 2.45) is 10.8 Å². The summed E-state index contributed by atoms with van der Waals surface area (Å²) in [6.07, 6.45) is 1.43. The molecule has 0 spiro atoms. The van der Waals surface area contributed by atoms with Gasteiger partial charge in [-0.3, -0.25) is 9.59 Å². The fraction of sp³-hybridized carbons (Fsp3) is 0.417. The van der Waals surface area contributed by atoms with Crippen LogP contribution in [0.15, 0.2) is 48.5 Å². The summed E-state index contributed by atoms with van der Waals surface area (Å²) < 4.78 is 5.42. The molecule has 0 bridgehead atoms. The molecule has 0 aromatic heterocycles. The third-order valence-electron chi connectivity index (χ3n) is 5.26. The number of esters is 1. The van der Waals surface area contributed by atoms with Crippen LogP contribution in [0.3, 0.4) is 0 Å². The first-order valence-electron chi connectivity index (χ1n) is 9.77. The van der Waals surface area contributed by atoms with E-state index in [9.17, 15) is 9.59 Å². The standard InChI is InChI=1S/C24H29NO3/c1-23(2,3)22(27)28-16-18-10-11-19-13-24(4,14-20(19)12-18)21(26)25-15-17-8-6-5-7-9-17/h5-12H,13-16H2,1-4H3,(H,25,26). The Balaban J connectivity index is 1.61. The van der Waals surface area contributed by atoms with Crippen LogP contribution in [0.4, 0.5) is 0 Å². The second-order valence-corrected chi connectivity index (χ2v) is 9.01. The molecule has 3 rings (SSSR count). The van der Waals surface area contributed by atoms with Gasteiger partial charge in [-0.15, -0.1) is 0 Å². The van der Waals surface area contributed by atoms with Gasteiger partial charge < -0.3 is 10.1 Å². The van der Waals surface area contributed by atoms with E-state index >= 15 is 0 Å². The quantitative estimate of drug-likeness (QED) is 0.792. The molecule has 148 valence electrons. The Morgan fingerprint density at radius 3 is 2.36 bits per heavy atom.